The summed E-state index contributed by atoms with van der Waals surface area (Å²) < 4.78 is 5.76. The molecule has 0 radical (unpaired) electrons. The van der Waals surface area contributed by atoms with E-state index in [-0.39, 0.29) is 17.9 Å². The number of fused-ring (bicyclic) bond motifs is 2. The number of carbonyl (C=O) groups excluding carboxylic acids is 2. The first-order valence-electron chi connectivity index (χ1n) is 9.97. The predicted molar refractivity (Wildman–Crippen MR) is 107 cm³/mol. The van der Waals surface area contributed by atoms with Gasteiger partial charge in [-0.2, -0.15) is 0 Å². The van der Waals surface area contributed by atoms with E-state index in [9.17, 15) is 9.59 Å². The molecule has 2 aromatic carbocycles. The largest absolute Gasteiger partial charge is 0.491 e. The maximum atomic E-state index is 12.5. The van der Waals surface area contributed by atoms with Gasteiger partial charge in [0.2, 0.25) is 11.8 Å². The van der Waals surface area contributed by atoms with E-state index in [4.69, 9.17) is 4.74 Å². The van der Waals surface area contributed by atoms with E-state index in [0.717, 1.165) is 29.7 Å². The van der Waals surface area contributed by atoms with E-state index in [2.05, 4.69) is 29.6 Å². The molecule has 0 saturated heterocycles. The van der Waals surface area contributed by atoms with Crippen molar-refractivity contribution in [1.29, 1.82) is 0 Å². The third kappa shape index (κ3) is 4.03. The van der Waals surface area contributed by atoms with Crippen LogP contribution >= 0.6 is 0 Å². The summed E-state index contributed by atoms with van der Waals surface area (Å²) in [5, 5.41) is 3.18. The fourth-order valence-electron chi connectivity index (χ4n) is 4.10. The summed E-state index contributed by atoms with van der Waals surface area (Å²) in [6.45, 7) is 3.26. The molecule has 146 valence electrons. The highest BCUT2D eigenvalue weighted by molar-refractivity contribution is 5.77. The number of ether oxygens (including phenoxy) is 1. The SMILES string of the molecule is CC(=O)N1CCOc2ccc(CCC(=O)NC3CCc4ccccc43)cc2C1. The average Bonchev–Trinajstić information content (AvgIpc) is 2.96. The van der Waals surface area contributed by atoms with Gasteiger partial charge in [0.15, 0.2) is 0 Å². The zero-order chi connectivity index (χ0) is 19.5. The summed E-state index contributed by atoms with van der Waals surface area (Å²) in [6, 6.07) is 14.5. The molecular weight excluding hydrogens is 352 g/mol. The Morgan fingerprint density at radius 2 is 2.04 bits per heavy atom. The minimum Gasteiger partial charge on any atom is -0.491 e. The molecule has 0 saturated carbocycles. The Morgan fingerprint density at radius 1 is 1.18 bits per heavy atom. The quantitative estimate of drug-likeness (QED) is 0.889. The smallest absolute Gasteiger partial charge is 0.220 e. The van der Waals surface area contributed by atoms with Crippen LogP contribution in [0.4, 0.5) is 0 Å². The van der Waals surface area contributed by atoms with Gasteiger partial charge in [0.25, 0.3) is 0 Å². The van der Waals surface area contributed by atoms with Crippen molar-refractivity contribution in [2.45, 2.75) is 45.2 Å². The first-order valence-corrected chi connectivity index (χ1v) is 9.97. The van der Waals surface area contributed by atoms with Crippen LogP contribution in [0.1, 0.15) is 48.1 Å². The first-order chi connectivity index (χ1) is 13.6. The fraction of sp³-hybridized carbons (Fsp3) is 0.391. The highest BCUT2D eigenvalue weighted by atomic mass is 16.5. The second kappa shape index (κ2) is 8.05. The summed E-state index contributed by atoms with van der Waals surface area (Å²) in [7, 11) is 0. The average molecular weight is 378 g/mol. The van der Waals surface area contributed by atoms with Gasteiger partial charge < -0.3 is 15.0 Å². The van der Waals surface area contributed by atoms with Crippen molar-refractivity contribution in [3.05, 3.63) is 64.7 Å². The van der Waals surface area contributed by atoms with Gasteiger partial charge in [0, 0.05) is 25.5 Å². The van der Waals surface area contributed by atoms with Gasteiger partial charge in [-0.1, -0.05) is 36.4 Å². The van der Waals surface area contributed by atoms with Gasteiger partial charge in [-0.05, 0) is 42.0 Å². The van der Waals surface area contributed by atoms with Crippen molar-refractivity contribution in [3.8, 4) is 5.75 Å². The number of amides is 2. The lowest BCUT2D eigenvalue weighted by Gasteiger charge is -2.17. The molecule has 2 amide bonds. The van der Waals surface area contributed by atoms with E-state index in [1.807, 2.05) is 18.2 Å². The summed E-state index contributed by atoms with van der Waals surface area (Å²) >= 11 is 0. The minimum absolute atomic E-state index is 0.0538. The summed E-state index contributed by atoms with van der Waals surface area (Å²) in [6.07, 6.45) is 3.13. The maximum absolute atomic E-state index is 12.5. The van der Waals surface area contributed by atoms with Gasteiger partial charge in [0.1, 0.15) is 12.4 Å². The lowest BCUT2D eigenvalue weighted by atomic mass is 10.0. The summed E-state index contributed by atoms with van der Waals surface area (Å²) in [4.78, 5) is 26.0. The zero-order valence-electron chi connectivity index (χ0n) is 16.2. The van der Waals surface area contributed by atoms with Crippen LogP contribution in [-0.4, -0.2) is 29.9 Å². The van der Waals surface area contributed by atoms with Crippen molar-refractivity contribution in [3.63, 3.8) is 0 Å². The normalized spacial score (nSPS) is 17.9. The fourth-order valence-corrected chi connectivity index (χ4v) is 4.10. The number of nitrogens with zero attached hydrogens (tertiary/aromatic N) is 1. The number of nitrogens with one attached hydrogen (secondary N) is 1. The standard InChI is InChI=1S/C23H26N2O3/c1-16(26)25-12-13-28-22-10-6-17(14-19(22)15-25)7-11-23(27)24-21-9-8-18-4-2-3-5-20(18)21/h2-6,10,14,21H,7-9,11-13,15H2,1H3,(H,24,27). The van der Waals surface area contributed by atoms with Crippen LogP contribution in [-0.2, 0) is 29.0 Å². The number of carbonyl (C=O) groups is 2. The molecule has 4 rings (SSSR count). The second-order valence-electron chi connectivity index (χ2n) is 7.59. The summed E-state index contributed by atoms with van der Waals surface area (Å²) in [5.41, 5.74) is 4.70. The molecule has 1 atom stereocenters. The highest BCUT2D eigenvalue weighted by Gasteiger charge is 2.23. The molecule has 5 heteroatoms. The Morgan fingerprint density at radius 3 is 2.89 bits per heavy atom. The third-order valence-corrected chi connectivity index (χ3v) is 5.66. The Balaban J connectivity index is 1.36. The van der Waals surface area contributed by atoms with E-state index < -0.39 is 0 Å². The van der Waals surface area contributed by atoms with Crippen LogP contribution in [0.5, 0.6) is 5.75 Å². The van der Waals surface area contributed by atoms with Crippen molar-refractivity contribution < 1.29 is 14.3 Å². The van der Waals surface area contributed by atoms with Gasteiger partial charge >= 0.3 is 0 Å². The molecule has 0 aromatic heterocycles. The Labute approximate surface area is 165 Å². The van der Waals surface area contributed by atoms with Crippen LogP contribution in [0, 0.1) is 0 Å². The number of aryl methyl sites for hydroxylation is 2. The van der Waals surface area contributed by atoms with Crippen LogP contribution in [0.15, 0.2) is 42.5 Å². The van der Waals surface area contributed by atoms with Gasteiger partial charge in [-0.3, -0.25) is 9.59 Å². The third-order valence-electron chi connectivity index (χ3n) is 5.66. The molecular formula is C23H26N2O3. The molecule has 1 unspecified atom stereocenters. The van der Waals surface area contributed by atoms with Gasteiger partial charge in [-0.25, -0.2) is 0 Å². The van der Waals surface area contributed by atoms with Gasteiger partial charge in [-0.15, -0.1) is 0 Å². The molecule has 1 heterocycles. The predicted octanol–water partition coefficient (Wildman–Crippen LogP) is 3.16. The minimum atomic E-state index is 0.0538. The number of rotatable bonds is 4. The Bertz CT molecular complexity index is 893. The lowest BCUT2D eigenvalue weighted by molar-refractivity contribution is -0.129. The topological polar surface area (TPSA) is 58.6 Å². The van der Waals surface area contributed by atoms with E-state index >= 15 is 0 Å². The van der Waals surface area contributed by atoms with E-state index in [1.165, 1.54) is 11.1 Å². The Kier molecular flexibility index (Phi) is 5.33. The molecule has 1 aliphatic heterocycles. The van der Waals surface area contributed by atoms with Crippen LogP contribution < -0.4 is 10.1 Å². The molecule has 0 spiro atoms. The maximum Gasteiger partial charge on any atom is 0.220 e. The Hall–Kier alpha value is -2.82. The highest BCUT2D eigenvalue weighted by Crippen LogP contribution is 2.31. The molecule has 1 N–H and O–H groups in total. The van der Waals surface area contributed by atoms with Crippen LogP contribution in [0.3, 0.4) is 0 Å². The monoisotopic (exact) mass is 378 g/mol. The van der Waals surface area contributed by atoms with Gasteiger partial charge in [0.05, 0.1) is 12.6 Å². The summed E-state index contributed by atoms with van der Waals surface area (Å²) in [5.74, 6) is 0.968. The van der Waals surface area contributed by atoms with Crippen LogP contribution in [0.2, 0.25) is 0 Å². The number of hydrogen-bond donors (Lipinski definition) is 1. The zero-order valence-corrected chi connectivity index (χ0v) is 16.2. The van der Waals surface area contributed by atoms with Crippen molar-refractivity contribution in [1.82, 2.24) is 10.2 Å². The molecule has 2 aromatic rings. The lowest BCUT2D eigenvalue weighted by Crippen LogP contribution is -2.30. The first kappa shape index (κ1) is 18.5. The molecule has 2 aliphatic rings. The molecule has 28 heavy (non-hydrogen) atoms. The van der Waals surface area contributed by atoms with E-state index in [1.54, 1.807) is 11.8 Å². The van der Waals surface area contributed by atoms with Crippen molar-refractivity contribution >= 4 is 11.8 Å². The number of benzene rings is 2. The molecule has 0 bridgehead atoms. The van der Waals surface area contributed by atoms with Crippen molar-refractivity contribution in [2.75, 3.05) is 13.2 Å². The van der Waals surface area contributed by atoms with E-state index in [0.29, 0.717) is 32.5 Å². The molecule has 1 aliphatic carbocycles. The second-order valence-corrected chi connectivity index (χ2v) is 7.59. The molecule has 0 fully saturated rings. The van der Waals surface area contributed by atoms with Crippen molar-refractivity contribution in [2.24, 2.45) is 0 Å². The molecule has 5 nitrogen and oxygen atoms in total. The van der Waals surface area contributed by atoms with Crippen LogP contribution in [0.25, 0.3) is 0 Å². The number of hydrogen-bond acceptors (Lipinski definition) is 3.